The largest absolute Gasteiger partial charge is 0.346 e. The maximum absolute atomic E-state index is 12.0. The summed E-state index contributed by atoms with van der Waals surface area (Å²) in [6.07, 6.45) is 3.41. The molecule has 19 heavy (non-hydrogen) atoms. The van der Waals surface area contributed by atoms with Gasteiger partial charge in [-0.3, -0.25) is 9.89 Å². The van der Waals surface area contributed by atoms with Gasteiger partial charge in [0.1, 0.15) is 5.15 Å². The minimum Gasteiger partial charge on any atom is -0.346 e. The third-order valence-electron chi connectivity index (χ3n) is 2.61. The first-order chi connectivity index (χ1) is 9.19. The van der Waals surface area contributed by atoms with Crippen LogP contribution in [-0.2, 0) is 13.0 Å². The predicted octanol–water partition coefficient (Wildman–Crippen LogP) is 2.34. The first-order valence-corrected chi connectivity index (χ1v) is 6.49. The van der Waals surface area contributed by atoms with Gasteiger partial charge in [0.05, 0.1) is 12.2 Å². The molecule has 5 nitrogen and oxygen atoms in total. The van der Waals surface area contributed by atoms with E-state index in [9.17, 15) is 4.79 Å². The number of nitrogens with zero attached hydrogens (tertiary/aromatic N) is 2. The number of aryl methyl sites for hydroxylation is 1. The number of carbonyl (C=O) groups excluding carboxylic acids is 1. The topological polar surface area (TPSA) is 70.7 Å². The van der Waals surface area contributed by atoms with Crippen LogP contribution in [0.1, 0.15) is 35.1 Å². The number of carbonyl (C=O) groups is 1. The fourth-order valence-electron chi connectivity index (χ4n) is 1.73. The van der Waals surface area contributed by atoms with Gasteiger partial charge < -0.3 is 5.32 Å². The molecule has 0 aliphatic heterocycles. The summed E-state index contributed by atoms with van der Waals surface area (Å²) < 4.78 is 0. The van der Waals surface area contributed by atoms with E-state index < -0.39 is 0 Å². The smallest absolute Gasteiger partial charge is 0.251 e. The molecule has 0 unspecified atom stereocenters. The van der Waals surface area contributed by atoms with E-state index in [0.717, 1.165) is 24.2 Å². The normalized spacial score (nSPS) is 10.4. The van der Waals surface area contributed by atoms with Gasteiger partial charge in [-0.2, -0.15) is 5.10 Å². The Balaban J connectivity index is 2.05. The van der Waals surface area contributed by atoms with Crippen LogP contribution in [-0.4, -0.2) is 21.1 Å². The molecule has 0 saturated heterocycles. The summed E-state index contributed by atoms with van der Waals surface area (Å²) in [5.41, 5.74) is 2.21. The zero-order chi connectivity index (χ0) is 13.7. The van der Waals surface area contributed by atoms with E-state index in [0.29, 0.717) is 17.3 Å². The Morgan fingerprint density at radius 3 is 3.00 bits per heavy atom. The number of pyridine rings is 1. The van der Waals surface area contributed by atoms with Crippen molar-refractivity contribution in [3.8, 4) is 0 Å². The van der Waals surface area contributed by atoms with Gasteiger partial charge in [0.25, 0.3) is 5.91 Å². The summed E-state index contributed by atoms with van der Waals surface area (Å²) in [5.74, 6) is -0.170. The van der Waals surface area contributed by atoms with Crippen molar-refractivity contribution in [1.82, 2.24) is 20.5 Å². The van der Waals surface area contributed by atoms with Gasteiger partial charge >= 0.3 is 0 Å². The van der Waals surface area contributed by atoms with Gasteiger partial charge in [0.15, 0.2) is 0 Å². The zero-order valence-electron chi connectivity index (χ0n) is 10.6. The van der Waals surface area contributed by atoms with E-state index in [-0.39, 0.29) is 5.91 Å². The molecule has 0 aliphatic rings. The lowest BCUT2D eigenvalue weighted by Gasteiger charge is -2.06. The molecule has 6 heteroatoms. The third-order valence-corrected chi connectivity index (χ3v) is 2.81. The highest BCUT2D eigenvalue weighted by atomic mass is 35.5. The van der Waals surface area contributed by atoms with Crippen LogP contribution in [0.2, 0.25) is 5.15 Å². The number of halogens is 1. The number of rotatable bonds is 5. The molecule has 0 aromatic carbocycles. The standard InChI is InChI=1S/C13H15ClN4O/c1-2-3-10-6-9(7-12(14)17-10)13(19)15-8-11-4-5-16-18-11/h4-7H,2-3,8H2,1H3,(H,15,19)(H,16,18). The van der Waals surface area contributed by atoms with E-state index in [1.807, 2.05) is 6.07 Å². The molecule has 0 atom stereocenters. The number of aromatic nitrogens is 3. The lowest BCUT2D eigenvalue weighted by atomic mass is 10.1. The molecular formula is C13H15ClN4O. The van der Waals surface area contributed by atoms with Crippen molar-refractivity contribution in [3.05, 3.63) is 46.5 Å². The van der Waals surface area contributed by atoms with Gasteiger partial charge in [0.2, 0.25) is 0 Å². The third kappa shape index (κ3) is 3.79. The first-order valence-electron chi connectivity index (χ1n) is 6.12. The molecule has 2 rings (SSSR count). The summed E-state index contributed by atoms with van der Waals surface area (Å²) in [4.78, 5) is 16.2. The molecule has 0 aliphatic carbocycles. The van der Waals surface area contributed by atoms with Crippen molar-refractivity contribution < 1.29 is 4.79 Å². The van der Waals surface area contributed by atoms with E-state index in [2.05, 4.69) is 27.4 Å². The Labute approximate surface area is 116 Å². The molecule has 0 fully saturated rings. The molecule has 0 spiro atoms. The SMILES string of the molecule is CCCc1cc(C(=O)NCc2ccn[nH]2)cc(Cl)n1. The highest BCUT2D eigenvalue weighted by Crippen LogP contribution is 2.12. The fraction of sp³-hybridized carbons (Fsp3) is 0.308. The summed E-state index contributed by atoms with van der Waals surface area (Å²) in [6.45, 7) is 2.46. The number of amides is 1. The van der Waals surface area contributed by atoms with E-state index in [1.54, 1.807) is 18.3 Å². The quantitative estimate of drug-likeness (QED) is 0.825. The van der Waals surface area contributed by atoms with Crippen molar-refractivity contribution in [1.29, 1.82) is 0 Å². The van der Waals surface area contributed by atoms with Crippen molar-refractivity contribution in [2.75, 3.05) is 0 Å². The number of hydrogen-bond acceptors (Lipinski definition) is 3. The molecule has 2 heterocycles. The Kier molecular flexibility index (Phi) is 4.52. The van der Waals surface area contributed by atoms with Crippen molar-refractivity contribution in [2.24, 2.45) is 0 Å². The molecule has 2 N–H and O–H groups in total. The molecule has 2 aromatic rings. The van der Waals surface area contributed by atoms with Crippen LogP contribution in [0.25, 0.3) is 0 Å². The molecule has 0 saturated carbocycles. The molecule has 100 valence electrons. The Morgan fingerprint density at radius 2 is 2.32 bits per heavy atom. The molecular weight excluding hydrogens is 264 g/mol. The van der Waals surface area contributed by atoms with Gasteiger partial charge in [-0.15, -0.1) is 0 Å². The minimum atomic E-state index is -0.170. The van der Waals surface area contributed by atoms with Gasteiger partial charge in [0, 0.05) is 17.5 Å². The maximum atomic E-state index is 12.0. The Hall–Kier alpha value is -1.88. The van der Waals surface area contributed by atoms with Crippen LogP contribution in [0.3, 0.4) is 0 Å². The summed E-state index contributed by atoms with van der Waals surface area (Å²) in [6, 6.07) is 5.16. The van der Waals surface area contributed by atoms with Crippen LogP contribution in [0.15, 0.2) is 24.4 Å². The number of aromatic amines is 1. The maximum Gasteiger partial charge on any atom is 0.251 e. The van der Waals surface area contributed by atoms with E-state index >= 15 is 0 Å². The Bertz CT molecular complexity index is 554. The number of H-pyrrole nitrogens is 1. The molecule has 0 bridgehead atoms. The molecule has 1 amide bonds. The zero-order valence-corrected chi connectivity index (χ0v) is 11.4. The van der Waals surface area contributed by atoms with Crippen LogP contribution >= 0.6 is 11.6 Å². The van der Waals surface area contributed by atoms with Crippen LogP contribution in [0.4, 0.5) is 0 Å². The van der Waals surface area contributed by atoms with Crippen LogP contribution < -0.4 is 5.32 Å². The van der Waals surface area contributed by atoms with Crippen molar-refractivity contribution >= 4 is 17.5 Å². The second kappa shape index (κ2) is 6.33. The van der Waals surface area contributed by atoms with Crippen molar-refractivity contribution in [2.45, 2.75) is 26.3 Å². The molecule has 2 aromatic heterocycles. The van der Waals surface area contributed by atoms with Gasteiger partial charge in [-0.25, -0.2) is 4.98 Å². The van der Waals surface area contributed by atoms with E-state index in [4.69, 9.17) is 11.6 Å². The van der Waals surface area contributed by atoms with Gasteiger partial charge in [-0.05, 0) is 24.6 Å². The van der Waals surface area contributed by atoms with Crippen LogP contribution in [0.5, 0.6) is 0 Å². The summed E-state index contributed by atoms with van der Waals surface area (Å²) in [5, 5.41) is 9.75. The monoisotopic (exact) mass is 278 g/mol. The van der Waals surface area contributed by atoms with E-state index in [1.165, 1.54) is 0 Å². The second-order valence-corrected chi connectivity index (χ2v) is 4.57. The summed E-state index contributed by atoms with van der Waals surface area (Å²) in [7, 11) is 0. The lowest BCUT2D eigenvalue weighted by Crippen LogP contribution is -2.23. The molecule has 0 radical (unpaired) electrons. The second-order valence-electron chi connectivity index (χ2n) is 4.18. The lowest BCUT2D eigenvalue weighted by molar-refractivity contribution is 0.0950. The Morgan fingerprint density at radius 1 is 1.47 bits per heavy atom. The van der Waals surface area contributed by atoms with Gasteiger partial charge in [-0.1, -0.05) is 24.9 Å². The summed E-state index contributed by atoms with van der Waals surface area (Å²) >= 11 is 5.92. The first kappa shape index (κ1) is 13.5. The average Bonchev–Trinajstić information content (AvgIpc) is 2.88. The predicted molar refractivity (Wildman–Crippen MR) is 73.0 cm³/mol. The highest BCUT2D eigenvalue weighted by molar-refractivity contribution is 6.29. The average molecular weight is 279 g/mol. The highest BCUT2D eigenvalue weighted by Gasteiger charge is 2.09. The van der Waals surface area contributed by atoms with Crippen molar-refractivity contribution in [3.63, 3.8) is 0 Å². The fourth-order valence-corrected chi connectivity index (χ4v) is 1.95. The number of hydrogen-bond donors (Lipinski definition) is 2. The minimum absolute atomic E-state index is 0.170. The van der Waals surface area contributed by atoms with Crippen LogP contribution in [0, 0.1) is 0 Å². The number of nitrogens with one attached hydrogen (secondary N) is 2.